The normalized spacial score (nSPS) is 24.3. The maximum Gasteiger partial charge on any atom is 0.245 e. The Hall–Kier alpha value is -2.20. The molecule has 2 aliphatic rings. The second kappa shape index (κ2) is 4.67. The average Bonchev–Trinajstić information content (AvgIpc) is 2.52. The van der Waals surface area contributed by atoms with Gasteiger partial charge in [0.15, 0.2) is 0 Å². The summed E-state index contributed by atoms with van der Waals surface area (Å²) in [6.07, 6.45) is 5.34. The molecule has 4 nitrogen and oxygen atoms in total. The molecule has 1 spiro atoms. The number of rotatable bonds is 2. The second-order valence-electron chi connectivity index (χ2n) is 5.85. The molecule has 1 amide bonds. The molecule has 4 heteroatoms. The predicted octanol–water partition coefficient (Wildman–Crippen LogP) is 2.22. The van der Waals surface area contributed by atoms with E-state index in [9.17, 15) is 4.79 Å². The fourth-order valence-corrected chi connectivity index (χ4v) is 3.37. The minimum atomic E-state index is -0.363. The zero-order valence-electron chi connectivity index (χ0n) is 11.7. The molecule has 106 valence electrons. The smallest absolute Gasteiger partial charge is 0.245 e. The number of nitrogens with zero attached hydrogens (tertiary/aromatic N) is 2. The van der Waals surface area contributed by atoms with Crippen LogP contribution in [0.2, 0.25) is 0 Å². The summed E-state index contributed by atoms with van der Waals surface area (Å²) in [5.74, 6) is 0.140. The summed E-state index contributed by atoms with van der Waals surface area (Å²) in [6, 6.07) is 12.1. The van der Waals surface area contributed by atoms with Gasteiger partial charge in [0.05, 0.1) is 0 Å². The van der Waals surface area contributed by atoms with E-state index in [1.807, 2.05) is 30.3 Å². The molecule has 21 heavy (non-hydrogen) atoms. The molecule has 2 aromatic rings. The van der Waals surface area contributed by atoms with Crippen LogP contribution in [0.1, 0.15) is 17.5 Å². The van der Waals surface area contributed by atoms with Crippen molar-refractivity contribution in [2.24, 2.45) is 0 Å². The number of carbonyl (C=O) groups excluding carboxylic acids is 1. The van der Waals surface area contributed by atoms with Crippen LogP contribution < -0.4 is 5.32 Å². The van der Waals surface area contributed by atoms with Gasteiger partial charge in [-0.25, -0.2) is 0 Å². The third-order valence-electron chi connectivity index (χ3n) is 4.69. The van der Waals surface area contributed by atoms with Crippen molar-refractivity contribution in [3.8, 4) is 0 Å². The number of hydrogen-bond acceptors (Lipinski definition) is 3. The van der Waals surface area contributed by atoms with Crippen LogP contribution in [0.3, 0.4) is 0 Å². The number of fused-ring (bicyclic) bond motifs is 1. The van der Waals surface area contributed by atoms with E-state index in [1.165, 1.54) is 11.1 Å². The lowest BCUT2D eigenvalue weighted by Crippen LogP contribution is -2.68. The Morgan fingerprint density at radius 3 is 2.76 bits per heavy atom. The monoisotopic (exact) mass is 279 g/mol. The van der Waals surface area contributed by atoms with Crippen molar-refractivity contribution in [2.75, 3.05) is 11.9 Å². The lowest BCUT2D eigenvalue weighted by Gasteiger charge is -2.53. The van der Waals surface area contributed by atoms with Gasteiger partial charge in [0.2, 0.25) is 5.91 Å². The van der Waals surface area contributed by atoms with Crippen LogP contribution in [-0.4, -0.2) is 27.9 Å². The van der Waals surface area contributed by atoms with Gasteiger partial charge in [-0.3, -0.25) is 14.7 Å². The van der Waals surface area contributed by atoms with Gasteiger partial charge in [-0.05, 0) is 35.7 Å². The molecular weight excluding hydrogens is 262 g/mol. The fourth-order valence-electron chi connectivity index (χ4n) is 3.37. The van der Waals surface area contributed by atoms with Crippen LogP contribution in [0.15, 0.2) is 48.8 Å². The highest BCUT2D eigenvalue weighted by Crippen LogP contribution is 2.41. The minimum Gasteiger partial charge on any atom is -0.324 e. The number of hydrogen-bond donors (Lipinski definition) is 1. The van der Waals surface area contributed by atoms with Crippen LogP contribution in [0.4, 0.5) is 5.69 Å². The highest BCUT2D eigenvalue weighted by atomic mass is 16.2. The molecule has 1 fully saturated rings. The summed E-state index contributed by atoms with van der Waals surface area (Å²) in [5, 5.41) is 3.08. The van der Waals surface area contributed by atoms with Crippen molar-refractivity contribution in [3.05, 3.63) is 59.9 Å². The summed E-state index contributed by atoms with van der Waals surface area (Å²) < 4.78 is 0. The molecule has 2 aliphatic heterocycles. The standard InChI is InChI=1S/C17H17N3O/c21-16-17(11-14-3-1-2-4-15(14)19-16)7-10-20(17)12-13-5-8-18-9-6-13/h1-6,8-9H,7,10-12H2,(H,19,21). The SMILES string of the molecule is O=C1Nc2ccccc2CC12CCN2Cc1ccncc1. The molecule has 0 aliphatic carbocycles. The second-order valence-corrected chi connectivity index (χ2v) is 5.85. The first-order valence-corrected chi connectivity index (χ1v) is 7.31. The van der Waals surface area contributed by atoms with E-state index in [2.05, 4.69) is 21.3 Å². The summed E-state index contributed by atoms with van der Waals surface area (Å²) in [7, 11) is 0. The molecule has 0 radical (unpaired) electrons. The fraction of sp³-hybridized carbons (Fsp3) is 0.294. The maximum atomic E-state index is 12.6. The summed E-state index contributed by atoms with van der Waals surface area (Å²) in [5.41, 5.74) is 3.04. The third-order valence-corrected chi connectivity index (χ3v) is 4.69. The Morgan fingerprint density at radius 2 is 2.00 bits per heavy atom. The molecule has 1 aromatic carbocycles. The lowest BCUT2D eigenvalue weighted by molar-refractivity contribution is -0.139. The highest BCUT2D eigenvalue weighted by Gasteiger charge is 2.52. The van der Waals surface area contributed by atoms with Gasteiger partial charge in [-0.2, -0.15) is 0 Å². The quantitative estimate of drug-likeness (QED) is 0.917. The Bertz CT molecular complexity index is 685. The zero-order valence-corrected chi connectivity index (χ0v) is 11.7. The molecule has 4 rings (SSSR count). The molecule has 0 saturated carbocycles. The van der Waals surface area contributed by atoms with Gasteiger partial charge in [-0.1, -0.05) is 18.2 Å². The van der Waals surface area contributed by atoms with Crippen molar-refractivity contribution in [1.82, 2.24) is 9.88 Å². The van der Waals surface area contributed by atoms with E-state index < -0.39 is 0 Å². The van der Waals surface area contributed by atoms with E-state index >= 15 is 0 Å². The Kier molecular flexibility index (Phi) is 2.79. The molecule has 1 atom stereocenters. The van der Waals surface area contributed by atoms with Crippen LogP contribution in [-0.2, 0) is 17.8 Å². The maximum absolute atomic E-state index is 12.6. The molecular formula is C17H17N3O. The minimum absolute atomic E-state index is 0.140. The van der Waals surface area contributed by atoms with Crippen molar-refractivity contribution >= 4 is 11.6 Å². The van der Waals surface area contributed by atoms with Gasteiger partial charge in [0, 0.05) is 37.6 Å². The average molecular weight is 279 g/mol. The lowest BCUT2D eigenvalue weighted by atomic mass is 9.75. The van der Waals surface area contributed by atoms with Gasteiger partial charge in [0.1, 0.15) is 5.54 Å². The predicted molar refractivity (Wildman–Crippen MR) is 80.8 cm³/mol. The van der Waals surface area contributed by atoms with Crippen molar-refractivity contribution in [2.45, 2.75) is 24.9 Å². The number of pyridine rings is 1. The van der Waals surface area contributed by atoms with Crippen LogP contribution in [0.25, 0.3) is 0 Å². The number of benzene rings is 1. The summed E-state index contributed by atoms with van der Waals surface area (Å²) >= 11 is 0. The van der Waals surface area contributed by atoms with Crippen LogP contribution >= 0.6 is 0 Å². The third kappa shape index (κ3) is 1.94. The molecule has 1 unspecified atom stereocenters. The molecule has 0 bridgehead atoms. The van der Waals surface area contributed by atoms with Gasteiger partial charge in [-0.15, -0.1) is 0 Å². The largest absolute Gasteiger partial charge is 0.324 e. The molecule has 1 N–H and O–H groups in total. The highest BCUT2D eigenvalue weighted by molar-refractivity contribution is 6.01. The number of amides is 1. The molecule has 1 aromatic heterocycles. The number of aromatic nitrogens is 1. The van der Waals surface area contributed by atoms with E-state index in [4.69, 9.17) is 0 Å². The molecule has 3 heterocycles. The Balaban J connectivity index is 1.61. The van der Waals surface area contributed by atoms with E-state index in [-0.39, 0.29) is 11.4 Å². The Labute approximate surface area is 123 Å². The first-order chi connectivity index (χ1) is 10.3. The summed E-state index contributed by atoms with van der Waals surface area (Å²) in [6.45, 7) is 1.77. The first-order valence-electron chi connectivity index (χ1n) is 7.31. The number of para-hydroxylation sites is 1. The number of anilines is 1. The summed E-state index contributed by atoms with van der Waals surface area (Å²) in [4.78, 5) is 18.9. The van der Waals surface area contributed by atoms with Crippen LogP contribution in [0.5, 0.6) is 0 Å². The Morgan fingerprint density at radius 1 is 1.19 bits per heavy atom. The van der Waals surface area contributed by atoms with E-state index in [0.717, 1.165) is 31.6 Å². The first kappa shape index (κ1) is 12.5. The molecule has 1 saturated heterocycles. The van der Waals surface area contributed by atoms with E-state index in [0.29, 0.717) is 0 Å². The topological polar surface area (TPSA) is 45.2 Å². The van der Waals surface area contributed by atoms with Gasteiger partial charge < -0.3 is 5.32 Å². The van der Waals surface area contributed by atoms with Crippen molar-refractivity contribution < 1.29 is 4.79 Å². The van der Waals surface area contributed by atoms with Gasteiger partial charge >= 0.3 is 0 Å². The van der Waals surface area contributed by atoms with Crippen molar-refractivity contribution in [1.29, 1.82) is 0 Å². The number of carbonyl (C=O) groups is 1. The van der Waals surface area contributed by atoms with Crippen LogP contribution in [0, 0.1) is 0 Å². The van der Waals surface area contributed by atoms with Gasteiger partial charge in [0.25, 0.3) is 0 Å². The van der Waals surface area contributed by atoms with E-state index in [1.54, 1.807) is 12.4 Å². The van der Waals surface area contributed by atoms with Crippen molar-refractivity contribution in [3.63, 3.8) is 0 Å². The number of likely N-dealkylation sites (tertiary alicyclic amines) is 1. The number of nitrogens with one attached hydrogen (secondary N) is 1. The zero-order chi connectivity index (χ0) is 14.3.